The third-order valence-corrected chi connectivity index (χ3v) is 5.04. The highest BCUT2D eigenvalue weighted by atomic mass is 79.9. The molecule has 0 fully saturated rings. The second-order valence-electron chi connectivity index (χ2n) is 6.16. The third-order valence-electron chi connectivity index (χ3n) is 4.35. The van der Waals surface area contributed by atoms with Gasteiger partial charge in [0.2, 0.25) is 0 Å². The van der Waals surface area contributed by atoms with Crippen LogP contribution in [-0.2, 0) is 0 Å². The number of methoxy groups -OCH3 is 1. The van der Waals surface area contributed by atoms with E-state index < -0.39 is 0 Å². The Kier molecular flexibility index (Phi) is 6.71. The molecule has 0 bridgehead atoms. The summed E-state index contributed by atoms with van der Waals surface area (Å²) in [4.78, 5) is 13.0. The number of rotatable bonds is 7. The molecule has 1 atom stereocenters. The molecule has 3 aromatic carbocycles. The van der Waals surface area contributed by atoms with E-state index >= 15 is 0 Å². The van der Waals surface area contributed by atoms with Crippen LogP contribution in [0.2, 0.25) is 0 Å². The molecule has 0 saturated heterocycles. The summed E-state index contributed by atoms with van der Waals surface area (Å²) in [7, 11) is 1.58. The van der Waals surface area contributed by atoms with Crippen molar-refractivity contribution in [1.82, 2.24) is 5.32 Å². The molecular formula is C23H22BrNO3. The van der Waals surface area contributed by atoms with E-state index in [0.717, 1.165) is 16.9 Å². The maximum absolute atomic E-state index is 13.0. The van der Waals surface area contributed by atoms with E-state index in [-0.39, 0.29) is 11.9 Å². The van der Waals surface area contributed by atoms with Crippen LogP contribution in [0.1, 0.15) is 34.5 Å². The fourth-order valence-electron chi connectivity index (χ4n) is 2.94. The van der Waals surface area contributed by atoms with Gasteiger partial charge in [-0.2, -0.15) is 0 Å². The summed E-state index contributed by atoms with van der Waals surface area (Å²) in [6.07, 6.45) is 0. The van der Waals surface area contributed by atoms with Crippen LogP contribution in [0.15, 0.2) is 77.3 Å². The van der Waals surface area contributed by atoms with E-state index in [1.807, 2.05) is 73.7 Å². The Morgan fingerprint density at radius 2 is 1.61 bits per heavy atom. The molecule has 28 heavy (non-hydrogen) atoms. The topological polar surface area (TPSA) is 47.6 Å². The zero-order chi connectivity index (χ0) is 19.9. The van der Waals surface area contributed by atoms with Gasteiger partial charge in [-0.25, -0.2) is 0 Å². The van der Waals surface area contributed by atoms with Crippen molar-refractivity contribution in [3.63, 3.8) is 0 Å². The number of hydrogen-bond donors (Lipinski definition) is 1. The van der Waals surface area contributed by atoms with Crippen molar-refractivity contribution < 1.29 is 14.3 Å². The molecule has 5 heteroatoms. The molecule has 0 spiro atoms. The van der Waals surface area contributed by atoms with E-state index in [1.165, 1.54) is 0 Å². The van der Waals surface area contributed by atoms with Gasteiger partial charge in [-0.1, -0.05) is 42.5 Å². The summed E-state index contributed by atoms with van der Waals surface area (Å²) in [5, 5.41) is 3.14. The number of halogens is 1. The molecule has 0 radical (unpaired) electrons. The average molecular weight is 440 g/mol. The quantitative estimate of drug-likeness (QED) is 0.537. The lowest BCUT2D eigenvalue weighted by molar-refractivity contribution is 0.0942. The van der Waals surface area contributed by atoms with Crippen LogP contribution in [0, 0.1) is 0 Å². The van der Waals surface area contributed by atoms with Gasteiger partial charge in [-0.05, 0) is 64.3 Å². The molecule has 0 aliphatic rings. The van der Waals surface area contributed by atoms with Crippen LogP contribution >= 0.6 is 15.9 Å². The van der Waals surface area contributed by atoms with Crippen LogP contribution in [0.4, 0.5) is 0 Å². The SMILES string of the molecule is CCOc1ccc(C(NC(=O)c2cc(OC)ccc2Br)c2ccccc2)cc1. The number of benzene rings is 3. The van der Waals surface area contributed by atoms with E-state index in [1.54, 1.807) is 13.2 Å². The first kappa shape index (κ1) is 20.0. The van der Waals surface area contributed by atoms with Crippen molar-refractivity contribution in [3.8, 4) is 11.5 Å². The Hall–Kier alpha value is -2.79. The summed E-state index contributed by atoms with van der Waals surface area (Å²) in [6, 6.07) is 22.7. The molecule has 0 aromatic heterocycles. The molecule has 1 unspecified atom stereocenters. The minimum absolute atomic E-state index is 0.187. The second-order valence-corrected chi connectivity index (χ2v) is 7.02. The van der Waals surface area contributed by atoms with Gasteiger partial charge in [0, 0.05) is 4.47 Å². The molecule has 0 heterocycles. The number of carbonyl (C=O) groups is 1. The van der Waals surface area contributed by atoms with Crippen LogP contribution in [0.3, 0.4) is 0 Å². The predicted molar refractivity (Wildman–Crippen MR) is 114 cm³/mol. The molecule has 0 aliphatic heterocycles. The maximum Gasteiger partial charge on any atom is 0.253 e. The highest BCUT2D eigenvalue weighted by molar-refractivity contribution is 9.10. The Bertz CT molecular complexity index is 926. The van der Waals surface area contributed by atoms with E-state index in [4.69, 9.17) is 9.47 Å². The minimum Gasteiger partial charge on any atom is -0.497 e. The molecule has 0 aliphatic carbocycles. The van der Waals surface area contributed by atoms with Gasteiger partial charge < -0.3 is 14.8 Å². The first-order valence-corrected chi connectivity index (χ1v) is 9.83. The van der Waals surface area contributed by atoms with Crippen molar-refractivity contribution in [3.05, 3.63) is 94.0 Å². The standard InChI is InChI=1S/C23H22BrNO3/c1-3-28-18-11-9-17(10-12-18)22(16-7-5-4-6-8-16)25-23(26)20-15-19(27-2)13-14-21(20)24/h4-15,22H,3H2,1-2H3,(H,25,26). The molecule has 0 saturated carbocycles. The molecule has 1 N–H and O–H groups in total. The molecule has 3 rings (SSSR count). The summed E-state index contributed by atoms with van der Waals surface area (Å²) in [5.41, 5.74) is 2.49. The minimum atomic E-state index is -0.289. The summed E-state index contributed by atoms with van der Waals surface area (Å²) < 4.78 is 11.5. The average Bonchev–Trinajstić information content (AvgIpc) is 2.74. The lowest BCUT2D eigenvalue weighted by atomic mass is 9.98. The fraction of sp³-hybridized carbons (Fsp3) is 0.174. The van der Waals surface area contributed by atoms with Crippen molar-refractivity contribution in [2.45, 2.75) is 13.0 Å². The Morgan fingerprint density at radius 1 is 0.964 bits per heavy atom. The zero-order valence-electron chi connectivity index (χ0n) is 15.8. The second kappa shape index (κ2) is 9.42. The van der Waals surface area contributed by atoms with Gasteiger partial charge in [-0.3, -0.25) is 4.79 Å². The van der Waals surface area contributed by atoms with Crippen molar-refractivity contribution in [2.24, 2.45) is 0 Å². The predicted octanol–water partition coefficient (Wildman–Crippen LogP) is 5.38. The summed E-state index contributed by atoms with van der Waals surface area (Å²) in [6.45, 7) is 2.56. The number of hydrogen-bond acceptors (Lipinski definition) is 3. The Balaban J connectivity index is 1.93. The van der Waals surface area contributed by atoms with Crippen LogP contribution in [0.25, 0.3) is 0 Å². The molecule has 3 aromatic rings. The first-order valence-electron chi connectivity index (χ1n) is 9.04. The van der Waals surface area contributed by atoms with Crippen LogP contribution < -0.4 is 14.8 Å². The maximum atomic E-state index is 13.0. The van der Waals surface area contributed by atoms with E-state index in [0.29, 0.717) is 22.4 Å². The lowest BCUT2D eigenvalue weighted by Crippen LogP contribution is -2.29. The molecular weight excluding hydrogens is 418 g/mol. The van der Waals surface area contributed by atoms with Gasteiger partial charge in [-0.15, -0.1) is 0 Å². The normalized spacial score (nSPS) is 11.5. The number of carbonyl (C=O) groups excluding carboxylic acids is 1. The smallest absolute Gasteiger partial charge is 0.253 e. The number of ether oxygens (including phenoxy) is 2. The zero-order valence-corrected chi connectivity index (χ0v) is 17.4. The van der Waals surface area contributed by atoms with Crippen molar-refractivity contribution in [1.29, 1.82) is 0 Å². The molecule has 4 nitrogen and oxygen atoms in total. The lowest BCUT2D eigenvalue weighted by Gasteiger charge is -2.21. The number of nitrogens with one attached hydrogen (secondary N) is 1. The van der Waals surface area contributed by atoms with Gasteiger partial charge in [0.25, 0.3) is 5.91 Å². The fourth-order valence-corrected chi connectivity index (χ4v) is 3.37. The van der Waals surface area contributed by atoms with Gasteiger partial charge in [0.1, 0.15) is 11.5 Å². The van der Waals surface area contributed by atoms with Crippen LogP contribution in [0.5, 0.6) is 11.5 Å². The monoisotopic (exact) mass is 439 g/mol. The first-order chi connectivity index (χ1) is 13.6. The largest absolute Gasteiger partial charge is 0.497 e. The highest BCUT2D eigenvalue weighted by Gasteiger charge is 2.20. The van der Waals surface area contributed by atoms with Gasteiger partial charge in [0.05, 0.1) is 25.3 Å². The third kappa shape index (κ3) is 4.73. The van der Waals surface area contributed by atoms with Crippen molar-refractivity contribution >= 4 is 21.8 Å². The highest BCUT2D eigenvalue weighted by Crippen LogP contribution is 2.27. The van der Waals surface area contributed by atoms with E-state index in [9.17, 15) is 4.79 Å². The summed E-state index contributed by atoms with van der Waals surface area (Å²) >= 11 is 3.46. The Labute approximate surface area is 173 Å². The van der Waals surface area contributed by atoms with Crippen LogP contribution in [-0.4, -0.2) is 19.6 Å². The van der Waals surface area contributed by atoms with Gasteiger partial charge >= 0.3 is 0 Å². The van der Waals surface area contributed by atoms with Gasteiger partial charge in [0.15, 0.2) is 0 Å². The summed E-state index contributed by atoms with van der Waals surface area (Å²) in [5.74, 6) is 1.25. The molecule has 144 valence electrons. The van der Waals surface area contributed by atoms with Crippen molar-refractivity contribution in [2.75, 3.05) is 13.7 Å². The number of amides is 1. The Morgan fingerprint density at radius 3 is 2.25 bits per heavy atom. The van der Waals surface area contributed by atoms with E-state index in [2.05, 4.69) is 21.2 Å². The molecule has 1 amide bonds.